The van der Waals surface area contributed by atoms with Crippen molar-refractivity contribution in [2.45, 2.75) is 13.5 Å². The summed E-state index contributed by atoms with van der Waals surface area (Å²) in [6, 6.07) is 6.13. The third kappa shape index (κ3) is 4.10. The van der Waals surface area contributed by atoms with Gasteiger partial charge in [0.15, 0.2) is 40.6 Å². The molecule has 2 aromatic carbocycles. The fraction of sp³-hybridized carbons (Fsp3) is 0.167. The number of hydrogen-bond donors (Lipinski definition) is 0. The summed E-state index contributed by atoms with van der Waals surface area (Å²) in [5, 5.41) is 8.05. The maximum Gasteiger partial charge on any atom is 0.200 e. The summed E-state index contributed by atoms with van der Waals surface area (Å²) in [7, 11) is 1.21. The van der Waals surface area contributed by atoms with Crippen LogP contribution in [0, 0.1) is 23.3 Å². The highest BCUT2D eigenvalue weighted by Gasteiger charge is 2.24. The average molecular weight is 499 g/mol. The second kappa shape index (κ2) is 9.29. The molecule has 0 saturated carbocycles. The molecule has 36 heavy (non-hydrogen) atoms. The highest BCUT2D eigenvalue weighted by molar-refractivity contribution is 5.66. The van der Waals surface area contributed by atoms with Crippen molar-refractivity contribution in [1.29, 1.82) is 0 Å². The van der Waals surface area contributed by atoms with E-state index in [1.165, 1.54) is 42.4 Å². The maximum atomic E-state index is 15.0. The average Bonchev–Trinajstić information content (AvgIpc) is 3.50. The Bertz CT molecular complexity index is 1530. The summed E-state index contributed by atoms with van der Waals surface area (Å²) in [6.45, 7) is 1.80. The molecule has 0 fully saturated rings. The van der Waals surface area contributed by atoms with E-state index >= 15 is 4.39 Å². The topological polar surface area (TPSA) is 88.1 Å². The summed E-state index contributed by atoms with van der Waals surface area (Å²) < 4.78 is 74.1. The number of halogens is 4. The number of fused-ring (bicyclic) bond motifs is 1. The minimum atomic E-state index is -1.04. The van der Waals surface area contributed by atoms with Gasteiger partial charge < -0.3 is 14.0 Å². The van der Waals surface area contributed by atoms with Crippen molar-refractivity contribution in [3.63, 3.8) is 0 Å². The van der Waals surface area contributed by atoms with Gasteiger partial charge in [0.2, 0.25) is 5.75 Å². The van der Waals surface area contributed by atoms with Gasteiger partial charge in [-0.05, 0) is 25.1 Å². The lowest BCUT2D eigenvalue weighted by atomic mass is 10.1. The molecule has 0 unspecified atom stereocenters. The summed E-state index contributed by atoms with van der Waals surface area (Å²) in [6.07, 6.45) is 2.94. The van der Waals surface area contributed by atoms with Gasteiger partial charge in [0.25, 0.3) is 0 Å². The quantitative estimate of drug-likeness (QED) is 0.288. The smallest absolute Gasteiger partial charge is 0.200 e. The van der Waals surface area contributed by atoms with Crippen LogP contribution in [0.1, 0.15) is 12.7 Å². The van der Waals surface area contributed by atoms with Gasteiger partial charge in [-0.25, -0.2) is 27.5 Å². The first-order valence-corrected chi connectivity index (χ1v) is 10.7. The van der Waals surface area contributed by atoms with E-state index in [2.05, 4.69) is 20.2 Å². The molecule has 0 atom stereocenters. The third-order valence-corrected chi connectivity index (χ3v) is 5.28. The minimum absolute atomic E-state index is 0.0191. The van der Waals surface area contributed by atoms with E-state index in [0.717, 1.165) is 12.1 Å². The Balaban J connectivity index is 1.43. The molecular formula is C24H17F4N5O3. The molecule has 12 heteroatoms. The SMILES string of the molecule is CCOc1c(F)c(-c2cc(Cn3cc4nc(-c5cccc(F)c5F)nc-4cn3)on2)cc(F)c1OC. The van der Waals surface area contributed by atoms with Crippen LogP contribution in [-0.4, -0.2) is 38.6 Å². The monoisotopic (exact) mass is 499 g/mol. The van der Waals surface area contributed by atoms with Gasteiger partial charge >= 0.3 is 0 Å². The molecule has 8 nitrogen and oxygen atoms in total. The lowest BCUT2D eigenvalue weighted by molar-refractivity contribution is 0.286. The second-order valence-corrected chi connectivity index (χ2v) is 7.58. The van der Waals surface area contributed by atoms with Gasteiger partial charge in [-0.1, -0.05) is 11.2 Å². The van der Waals surface area contributed by atoms with Gasteiger partial charge in [-0.3, -0.25) is 4.68 Å². The highest BCUT2D eigenvalue weighted by Crippen LogP contribution is 2.39. The van der Waals surface area contributed by atoms with E-state index < -0.39 is 23.3 Å². The molecule has 0 aliphatic carbocycles. The van der Waals surface area contributed by atoms with E-state index in [1.807, 2.05) is 0 Å². The first-order valence-electron chi connectivity index (χ1n) is 10.7. The molecule has 3 aromatic rings. The molecule has 2 aliphatic heterocycles. The number of aromatic nitrogens is 5. The first kappa shape index (κ1) is 23.3. The number of methoxy groups -OCH3 is 1. The van der Waals surface area contributed by atoms with Crippen molar-refractivity contribution < 1.29 is 31.6 Å². The number of benzene rings is 2. The second-order valence-electron chi connectivity index (χ2n) is 7.58. The summed E-state index contributed by atoms with van der Waals surface area (Å²) in [5.74, 6) is -4.11. The van der Waals surface area contributed by atoms with Gasteiger partial charge in [-0.2, -0.15) is 5.10 Å². The van der Waals surface area contributed by atoms with Gasteiger partial charge in [0.1, 0.15) is 23.6 Å². The van der Waals surface area contributed by atoms with Crippen molar-refractivity contribution >= 4 is 0 Å². The van der Waals surface area contributed by atoms with Crippen LogP contribution in [0.4, 0.5) is 17.6 Å². The predicted octanol–water partition coefficient (Wildman–Crippen LogP) is 5.11. The molecule has 3 heterocycles. The van der Waals surface area contributed by atoms with Gasteiger partial charge in [-0.15, -0.1) is 0 Å². The number of rotatable bonds is 7. The lowest BCUT2D eigenvalue weighted by Crippen LogP contribution is -2.05. The molecule has 2 aliphatic rings. The molecule has 0 spiro atoms. The third-order valence-electron chi connectivity index (χ3n) is 5.28. The summed E-state index contributed by atoms with van der Waals surface area (Å²) >= 11 is 0. The van der Waals surface area contributed by atoms with Crippen LogP contribution >= 0.6 is 0 Å². The molecular weight excluding hydrogens is 482 g/mol. The molecule has 1 aromatic heterocycles. The van der Waals surface area contributed by atoms with Gasteiger partial charge in [0, 0.05) is 11.6 Å². The maximum absolute atomic E-state index is 15.0. The van der Waals surface area contributed by atoms with E-state index in [9.17, 15) is 13.2 Å². The van der Waals surface area contributed by atoms with Crippen LogP contribution < -0.4 is 9.47 Å². The molecule has 0 bridgehead atoms. The zero-order valence-corrected chi connectivity index (χ0v) is 18.9. The van der Waals surface area contributed by atoms with Crippen LogP contribution in [0.3, 0.4) is 0 Å². The zero-order valence-electron chi connectivity index (χ0n) is 18.9. The van der Waals surface area contributed by atoms with Crippen molar-refractivity contribution in [3.8, 4) is 45.5 Å². The molecule has 0 radical (unpaired) electrons. The fourth-order valence-electron chi connectivity index (χ4n) is 3.65. The first-order chi connectivity index (χ1) is 17.4. The Hall–Kier alpha value is -4.48. The molecule has 0 N–H and O–H groups in total. The standard InChI is InChI=1S/C24H17F4N5O3/c1-3-35-23-21(28)14(8-16(26)22(23)34-2)17-7-12(36-32-17)10-33-11-19-18(9-29-33)30-24(31-19)13-5-4-6-15(25)20(13)27/h4-9,11H,3,10H2,1-2H3. The number of imidazole rings is 1. The number of nitrogens with zero attached hydrogens (tertiary/aromatic N) is 5. The van der Waals surface area contributed by atoms with Crippen LogP contribution in [0.15, 0.2) is 47.2 Å². The van der Waals surface area contributed by atoms with Crippen molar-refractivity contribution in [1.82, 2.24) is 24.9 Å². The largest absolute Gasteiger partial charge is 0.490 e. The molecule has 0 amide bonds. The van der Waals surface area contributed by atoms with E-state index in [0.29, 0.717) is 11.4 Å². The van der Waals surface area contributed by atoms with Crippen LogP contribution in [-0.2, 0) is 6.54 Å². The van der Waals surface area contributed by atoms with Crippen molar-refractivity contribution in [3.05, 3.63) is 71.8 Å². The van der Waals surface area contributed by atoms with Crippen LogP contribution in [0.5, 0.6) is 11.5 Å². The van der Waals surface area contributed by atoms with Crippen LogP contribution in [0.2, 0.25) is 0 Å². The Kier molecular flexibility index (Phi) is 6.00. The van der Waals surface area contributed by atoms with E-state index in [1.54, 1.807) is 6.92 Å². The van der Waals surface area contributed by atoms with Crippen LogP contribution in [0.25, 0.3) is 34.0 Å². The molecule has 0 saturated heterocycles. The normalized spacial score (nSPS) is 11.3. The Morgan fingerprint density at radius 2 is 1.72 bits per heavy atom. The lowest BCUT2D eigenvalue weighted by Gasteiger charge is -2.13. The number of ether oxygens (including phenoxy) is 2. The summed E-state index contributed by atoms with van der Waals surface area (Å²) in [4.78, 5) is 8.47. The molecule has 5 rings (SSSR count). The minimum Gasteiger partial charge on any atom is -0.490 e. The van der Waals surface area contributed by atoms with Crippen molar-refractivity contribution in [2.75, 3.05) is 13.7 Å². The Morgan fingerprint density at radius 3 is 2.50 bits per heavy atom. The van der Waals surface area contributed by atoms with Gasteiger partial charge in [0.05, 0.1) is 31.7 Å². The number of hydrogen-bond acceptors (Lipinski definition) is 7. The Labute approximate surface area is 201 Å². The molecule has 184 valence electrons. The fourth-order valence-corrected chi connectivity index (χ4v) is 3.65. The zero-order chi connectivity index (χ0) is 25.4. The Morgan fingerprint density at radius 1 is 0.917 bits per heavy atom. The highest BCUT2D eigenvalue weighted by atomic mass is 19.2. The predicted molar refractivity (Wildman–Crippen MR) is 118 cm³/mol. The van der Waals surface area contributed by atoms with E-state index in [-0.39, 0.29) is 53.1 Å². The summed E-state index contributed by atoms with van der Waals surface area (Å²) in [5.41, 5.74) is 0.570. The van der Waals surface area contributed by atoms with Crippen molar-refractivity contribution in [2.24, 2.45) is 0 Å². The van der Waals surface area contributed by atoms with E-state index in [4.69, 9.17) is 14.0 Å².